The number of benzene rings is 1. The Morgan fingerprint density at radius 1 is 1.46 bits per heavy atom. The van der Waals surface area contributed by atoms with Crippen LogP contribution >= 0.6 is 34.2 Å². The van der Waals surface area contributed by atoms with E-state index in [1.165, 1.54) is 7.05 Å². The fourth-order valence-corrected chi connectivity index (χ4v) is 3.41. The second-order valence-electron chi connectivity index (χ2n) is 6.08. The number of ether oxygens (including phenoxy) is 1. The van der Waals surface area contributed by atoms with Crippen molar-refractivity contribution >= 4 is 40.0 Å². The van der Waals surface area contributed by atoms with E-state index < -0.39 is 6.10 Å². The van der Waals surface area contributed by atoms with Crippen LogP contribution in [0.25, 0.3) is 0 Å². The molecule has 140 valence electrons. The van der Waals surface area contributed by atoms with Crippen molar-refractivity contribution in [3.63, 3.8) is 0 Å². The van der Waals surface area contributed by atoms with Gasteiger partial charge < -0.3 is 9.84 Å². The summed E-state index contributed by atoms with van der Waals surface area (Å²) in [5.41, 5.74) is 1.73. The largest absolute Gasteiger partial charge is 0.391 e. The van der Waals surface area contributed by atoms with Gasteiger partial charge in [-0.05, 0) is 59.7 Å². The minimum atomic E-state index is -0.664. The number of carbonyl (C=O) groups excluding carboxylic acids is 1. The number of aromatic nitrogens is 2. The monoisotopic (exact) mass is 490 g/mol. The molecule has 0 aliphatic heterocycles. The maximum absolute atomic E-state index is 12.6. The van der Waals surface area contributed by atoms with Crippen molar-refractivity contribution in [1.29, 1.82) is 0 Å². The average Bonchev–Trinajstić information content (AvgIpc) is 2.56. The second kappa shape index (κ2) is 9.07. The highest BCUT2D eigenvalue weighted by molar-refractivity contribution is 14.1. The van der Waals surface area contributed by atoms with Crippen LogP contribution in [0.1, 0.15) is 34.1 Å². The number of ketones is 1. The molecular weight excluding hydrogens is 471 g/mol. The smallest absolute Gasteiger partial charge is 0.269 e. The molecule has 0 fully saturated rings. The number of aliphatic hydroxyl groups is 1. The number of carbonyl (C=O) groups is 1. The molecule has 26 heavy (non-hydrogen) atoms. The van der Waals surface area contributed by atoms with Crippen LogP contribution in [0, 0.1) is 10.5 Å². The molecule has 0 bridgehead atoms. The number of halogens is 2. The standard InChI is InChI=1S/C18H20ClIN2O4/c1-10(23)8-26-9-16(24)17-14(11(2)18(25)22(3)21-17)6-12-4-5-13(20)7-15(12)19/h4-5,7,10,23H,6,8-9H2,1-3H3/t10-/m0/s1. The summed E-state index contributed by atoms with van der Waals surface area (Å²) in [6.07, 6.45) is -0.343. The van der Waals surface area contributed by atoms with Gasteiger partial charge in [-0.3, -0.25) is 9.59 Å². The van der Waals surface area contributed by atoms with E-state index in [0.717, 1.165) is 13.8 Å². The van der Waals surface area contributed by atoms with Gasteiger partial charge in [-0.2, -0.15) is 5.10 Å². The van der Waals surface area contributed by atoms with Gasteiger partial charge in [-0.1, -0.05) is 17.7 Å². The summed E-state index contributed by atoms with van der Waals surface area (Å²) in [5, 5.41) is 14.0. The molecule has 1 heterocycles. The van der Waals surface area contributed by atoms with Crippen LogP contribution in [0.2, 0.25) is 5.02 Å². The molecule has 1 aromatic carbocycles. The van der Waals surface area contributed by atoms with Gasteiger partial charge in [0.25, 0.3) is 5.56 Å². The van der Waals surface area contributed by atoms with Gasteiger partial charge in [-0.15, -0.1) is 0 Å². The Hall–Kier alpha value is -1.29. The van der Waals surface area contributed by atoms with Crippen LogP contribution in [-0.4, -0.2) is 40.0 Å². The summed E-state index contributed by atoms with van der Waals surface area (Å²) in [6, 6.07) is 5.62. The van der Waals surface area contributed by atoms with Crippen molar-refractivity contribution in [3.05, 3.63) is 59.5 Å². The van der Waals surface area contributed by atoms with Gasteiger partial charge >= 0.3 is 0 Å². The molecule has 6 nitrogen and oxygen atoms in total. The molecule has 0 unspecified atom stereocenters. The third-order valence-corrected chi connectivity index (χ3v) is 4.86. The van der Waals surface area contributed by atoms with Gasteiger partial charge in [-0.25, -0.2) is 4.68 Å². The van der Waals surface area contributed by atoms with Crippen LogP contribution in [0.5, 0.6) is 0 Å². The Labute approximate surface area is 170 Å². The Kier molecular flexibility index (Phi) is 7.33. The third kappa shape index (κ3) is 5.12. The minimum absolute atomic E-state index is 0.0504. The van der Waals surface area contributed by atoms with Gasteiger partial charge in [0.05, 0.1) is 12.7 Å². The predicted octanol–water partition coefficient (Wildman–Crippen LogP) is 2.52. The Bertz CT molecular complexity index is 880. The van der Waals surface area contributed by atoms with Crippen LogP contribution < -0.4 is 5.56 Å². The van der Waals surface area contributed by atoms with Crippen molar-refractivity contribution in [2.45, 2.75) is 26.4 Å². The zero-order chi connectivity index (χ0) is 19.4. The van der Waals surface area contributed by atoms with Crippen LogP contribution in [0.4, 0.5) is 0 Å². The Morgan fingerprint density at radius 2 is 2.15 bits per heavy atom. The summed E-state index contributed by atoms with van der Waals surface area (Å²) >= 11 is 8.47. The Balaban J connectivity index is 2.41. The third-order valence-electron chi connectivity index (χ3n) is 3.84. The first-order valence-corrected chi connectivity index (χ1v) is 9.46. The summed E-state index contributed by atoms with van der Waals surface area (Å²) in [7, 11) is 1.50. The quantitative estimate of drug-likeness (QED) is 0.476. The van der Waals surface area contributed by atoms with Gasteiger partial charge in [0.1, 0.15) is 12.3 Å². The normalized spacial score (nSPS) is 12.2. The van der Waals surface area contributed by atoms with Crippen molar-refractivity contribution in [3.8, 4) is 0 Å². The number of aliphatic hydroxyl groups excluding tert-OH is 1. The van der Waals surface area contributed by atoms with Crippen molar-refractivity contribution in [2.75, 3.05) is 13.2 Å². The van der Waals surface area contributed by atoms with Gasteiger partial charge in [0.2, 0.25) is 5.78 Å². The highest BCUT2D eigenvalue weighted by atomic mass is 127. The lowest BCUT2D eigenvalue weighted by atomic mass is 9.98. The van der Waals surface area contributed by atoms with Crippen molar-refractivity contribution in [2.24, 2.45) is 7.05 Å². The van der Waals surface area contributed by atoms with Crippen molar-refractivity contribution in [1.82, 2.24) is 9.78 Å². The first-order chi connectivity index (χ1) is 12.2. The van der Waals surface area contributed by atoms with E-state index in [1.54, 1.807) is 13.8 Å². The molecule has 8 heteroatoms. The molecule has 1 atom stereocenters. The van der Waals surface area contributed by atoms with Crippen LogP contribution in [-0.2, 0) is 18.2 Å². The summed E-state index contributed by atoms with van der Waals surface area (Å²) in [4.78, 5) is 24.9. The minimum Gasteiger partial charge on any atom is -0.391 e. The van der Waals surface area contributed by atoms with E-state index in [2.05, 4.69) is 27.7 Å². The molecule has 2 aromatic rings. The number of Topliss-reactive ketones (excluding diaryl/α,β-unsaturated/α-hetero) is 1. The molecule has 1 N–H and O–H groups in total. The highest BCUT2D eigenvalue weighted by Crippen LogP contribution is 2.24. The topological polar surface area (TPSA) is 81.4 Å². The van der Waals surface area contributed by atoms with E-state index in [9.17, 15) is 14.7 Å². The van der Waals surface area contributed by atoms with Crippen LogP contribution in [0.3, 0.4) is 0 Å². The zero-order valence-electron chi connectivity index (χ0n) is 14.8. The first-order valence-electron chi connectivity index (χ1n) is 8.00. The lowest BCUT2D eigenvalue weighted by molar-refractivity contribution is 0.0420. The average molecular weight is 491 g/mol. The molecule has 0 aliphatic rings. The van der Waals surface area contributed by atoms with E-state index in [0.29, 0.717) is 22.6 Å². The number of aryl methyl sites for hydroxylation is 1. The molecule has 2 rings (SSSR count). The van der Waals surface area contributed by atoms with Gasteiger partial charge in [0, 0.05) is 27.6 Å². The number of hydrogen-bond donors (Lipinski definition) is 1. The molecular formula is C18H20ClIN2O4. The Morgan fingerprint density at radius 3 is 2.77 bits per heavy atom. The van der Waals surface area contributed by atoms with Gasteiger partial charge in [0.15, 0.2) is 0 Å². The summed E-state index contributed by atoms with van der Waals surface area (Å²) in [5.74, 6) is -0.346. The molecule has 0 radical (unpaired) electrons. The SMILES string of the molecule is Cc1c(Cc2ccc(I)cc2Cl)c(C(=O)COC[C@H](C)O)nn(C)c1=O. The maximum Gasteiger partial charge on any atom is 0.269 e. The second-order valence-corrected chi connectivity index (χ2v) is 7.73. The van der Waals surface area contributed by atoms with E-state index in [1.807, 2.05) is 18.2 Å². The number of hydrogen-bond acceptors (Lipinski definition) is 5. The summed E-state index contributed by atoms with van der Waals surface area (Å²) in [6.45, 7) is 3.08. The fourth-order valence-electron chi connectivity index (χ4n) is 2.49. The van der Waals surface area contributed by atoms with Crippen LogP contribution in [0.15, 0.2) is 23.0 Å². The van der Waals surface area contributed by atoms with E-state index in [4.69, 9.17) is 16.3 Å². The molecule has 0 saturated heterocycles. The maximum atomic E-state index is 12.6. The predicted molar refractivity (Wildman–Crippen MR) is 108 cm³/mol. The highest BCUT2D eigenvalue weighted by Gasteiger charge is 2.20. The molecule has 1 aromatic heterocycles. The van der Waals surface area contributed by atoms with Crippen molar-refractivity contribution < 1.29 is 14.6 Å². The molecule has 0 amide bonds. The fraction of sp³-hybridized carbons (Fsp3) is 0.389. The molecule has 0 spiro atoms. The lowest BCUT2D eigenvalue weighted by Crippen LogP contribution is -2.29. The number of rotatable bonds is 7. The van der Waals surface area contributed by atoms with E-state index in [-0.39, 0.29) is 30.3 Å². The number of nitrogens with zero attached hydrogens (tertiary/aromatic N) is 2. The zero-order valence-corrected chi connectivity index (χ0v) is 17.7. The van der Waals surface area contributed by atoms with E-state index >= 15 is 0 Å². The molecule has 0 aliphatic carbocycles. The lowest BCUT2D eigenvalue weighted by Gasteiger charge is -2.14. The molecule has 0 saturated carbocycles. The summed E-state index contributed by atoms with van der Waals surface area (Å²) < 4.78 is 7.36. The first kappa shape index (κ1) is 21.0.